The Morgan fingerprint density at radius 2 is 1.86 bits per heavy atom. The van der Waals surface area contributed by atoms with E-state index in [4.69, 9.17) is 16.3 Å². The first kappa shape index (κ1) is 29.6. The zero-order chi connectivity index (χ0) is 29.6. The fourth-order valence-electron chi connectivity index (χ4n) is 8.10. The molecule has 228 valence electrons. The van der Waals surface area contributed by atoms with Crippen LogP contribution in [-0.2, 0) is 19.1 Å². The van der Waals surface area contributed by atoms with Gasteiger partial charge in [-0.1, -0.05) is 62.9 Å². The SMILES string of the molecule is Cc1ccc(NC(=O)[C@@H]2[C@@H]3C=C[C@]4(O3)[C@@H]2C(=O)N(CCCN2CCCCC2)[C@H]4C(=O)N[C@@H]2CCC[C@@H](C)[C@@H]2C)cc1Cl. The van der Waals surface area contributed by atoms with Gasteiger partial charge in [-0.25, -0.2) is 0 Å². The summed E-state index contributed by atoms with van der Waals surface area (Å²) in [6.07, 6.45) is 10.9. The molecule has 2 bridgehead atoms. The third kappa shape index (κ3) is 5.28. The van der Waals surface area contributed by atoms with Crippen molar-refractivity contribution in [2.75, 3.05) is 31.5 Å². The zero-order valence-electron chi connectivity index (χ0n) is 25.1. The maximum absolute atomic E-state index is 14.3. The molecular weight excluding hydrogens is 552 g/mol. The Labute approximate surface area is 254 Å². The van der Waals surface area contributed by atoms with E-state index < -0.39 is 29.6 Å². The quantitative estimate of drug-likeness (QED) is 0.430. The Morgan fingerprint density at radius 3 is 2.62 bits per heavy atom. The van der Waals surface area contributed by atoms with Crippen LogP contribution >= 0.6 is 11.6 Å². The molecule has 1 saturated carbocycles. The van der Waals surface area contributed by atoms with E-state index in [2.05, 4.69) is 29.4 Å². The van der Waals surface area contributed by atoms with Crippen LogP contribution in [0.2, 0.25) is 5.02 Å². The largest absolute Gasteiger partial charge is 0.359 e. The molecule has 1 aliphatic carbocycles. The molecule has 0 radical (unpaired) electrons. The number of anilines is 1. The molecule has 0 aromatic heterocycles. The van der Waals surface area contributed by atoms with E-state index in [9.17, 15) is 14.4 Å². The van der Waals surface area contributed by atoms with Crippen molar-refractivity contribution in [3.8, 4) is 0 Å². The summed E-state index contributed by atoms with van der Waals surface area (Å²) in [5.41, 5.74) is 0.351. The third-order valence-electron chi connectivity index (χ3n) is 10.7. The van der Waals surface area contributed by atoms with Crippen molar-refractivity contribution in [2.24, 2.45) is 23.7 Å². The number of hydrogen-bond acceptors (Lipinski definition) is 5. The van der Waals surface area contributed by atoms with E-state index in [1.807, 2.05) is 31.2 Å². The average Bonchev–Trinajstić information content (AvgIpc) is 3.61. The molecule has 9 heteroatoms. The van der Waals surface area contributed by atoms with E-state index in [1.54, 1.807) is 11.0 Å². The van der Waals surface area contributed by atoms with Gasteiger partial charge in [0.1, 0.15) is 11.6 Å². The molecule has 42 heavy (non-hydrogen) atoms. The summed E-state index contributed by atoms with van der Waals surface area (Å²) in [6.45, 7) is 9.89. The van der Waals surface area contributed by atoms with E-state index in [1.165, 1.54) is 25.7 Å². The molecule has 0 unspecified atom stereocenters. The minimum Gasteiger partial charge on any atom is -0.359 e. The lowest BCUT2D eigenvalue weighted by Crippen LogP contribution is -2.58. The van der Waals surface area contributed by atoms with Gasteiger partial charge in [-0.3, -0.25) is 14.4 Å². The summed E-state index contributed by atoms with van der Waals surface area (Å²) >= 11 is 6.31. The maximum atomic E-state index is 14.3. The number of amides is 3. The van der Waals surface area contributed by atoms with Gasteiger partial charge in [0.05, 0.1) is 17.9 Å². The van der Waals surface area contributed by atoms with Crippen molar-refractivity contribution in [1.29, 1.82) is 0 Å². The Hall–Kier alpha value is -2.42. The van der Waals surface area contributed by atoms with Crippen molar-refractivity contribution < 1.29 is 19.1 Å². The molecule has 5 aliphatic rings. The van der Waals surface area contributed by atoms with Crippen LogP contribution in [0.5, 0.6) is 0 Å². The number of ether oxygens (including phenoxy) is 1. The summed E-state index contributed by atoms with van der Waals surface area (Å²) in [5, 5.41) is 6.88. The Balaban J connectivity index is 1.25. The molecule has 8 nitrogen and oxygen atoms in total. The first-order chi connectivity index (χ1) is 20.2. The van der Waals surface area contributed by atoms with Gasteiger partial charge in [0, 0.05) is 23.3 Å². The molecule has 1 aromatic rings. The number of fused-ring (bicyclic) bond motifs is 1. The number of hydrogen-bond donors (Lipinski definition) is 2. The number of likely N-dealkylation sites (tertiary alicyclic amines) is 2. The lowest BCUT2D eigenvalue weighted by Gasteiger charge is -2.38. The highest BCUT2D eigenvalue weighted by Crippen LogP contribution is 2.55. The molecule has 3 amide bonds. The van der Waals surface area contributed by atoms with Gasteiger partial charge < -0.3 is 25.2 Å². The predicted molar refractivity (Wildman–Crippen MR) is 163 cm³/mol. The van der Waals surface area contributed by atoms with E-state index >= 15 is 0 Å². The number of aryl methyl sites for hydroxylation is 1. The molecule has 2 N–H and O–H groups in total. The van der Waals surface area contributed by atoms with E-state index in [0.717, 1.165) is 44.5 Å². The number of halogens is 1. The highest BCUT2D eigenvalue weighted by molar-refractivity contribution is 6.31. The van der Waals surface area contributed by atoms with Crippen LogP contribution in [0, 0.1) is 30.6 Å². The topological polar surface area (TPSA) is 91.0 Å². The van der Waals surface area contributed by atoms with Crippen LogP contribution in [-0.4, -0.2) is 77.5 Å². The normalized spacial score (nSPS) is 35.9. The van der Waals surface area contributed by atoms with Gasteiger partial charge in [-0.05, 0) is 81.8 Å². The lowest BCUT2D eigenvalue weighted by atomic mass is 9.73. The molecule has 4 heterocycles. The smallest absolute Gasteiger partial charge is 0.246 e. The van der Waals surface area contributed by atoms with Crippen LogP contribution in [0.25, 0.3) is 0 Å². The monoisotopic (exact) mass is 596 g/mol. The number of benzene rings is 1. The van der Waals surface area contributed by atoms with Gasteiger partial charge in [0.25, 0.3) is 0 Å². The summed E-state index contributed by atoms with van der Waals surface area (Å²) in [4.78, 5) is 46.4. The number of carbonyl (C=O) groups excluding carboxylic acids is 3. The summed E-state index contributed by atoms with van der Waals surface area (Å²) < 4.78 is 6.53. The van der Waals surface area contributed by atoms with Gasteiger partial charge in [-0.2, -0.15) is 0 Å². The van der Waals surface area contributed by atoms with Crippen LogP contribution in [0.3, 0.4) is 0 Å². The highest BCUT2D eigenvalue weighted by atomic mass is 35.5. The first-order valence-corrected chi connectivity index (χ1v) is 16.3. The summed E-state index contributed by atoms with van der Waals surface area (Å²) in [6, 6.07) is 4.66. The van der Waals surface area contributed by atoms with Crippen LogP contribution in [0.15, 0.2) is 30.4 Å². The maximum Gasteiger partial charge on any atom is 0.246 e. The molecule has 4 fully saturated rings. The number of rotatable bonds is 8. The van der Waals surface area contributed by atoms with Gasteiger partial charge in [0.2, 0.25) is 17.7 Å². The Morgan fingerprint density at radius 1 is 1.07 bits per heavy atom. The van der Waals surface area contributed by atoms with E-state index in [-0.39, 0.29) is 23.8 Å². The molecule has 4 aliphatic heterocycles. The predicted octanol–water partition coefficient (Wildman–Crippen LogP) is 4.55. The minimum atomic E-state index is -1.15. The first-order valence-electron chi connectivity index (χ1n) is 16.0. The number of nitrogens with one attached hydrogen (secondary N) is 2. The van der Waals surface area contributed by atoms with E-state index in [0.29, 0.717) is 29.1 Å². The molecule has 6 rings (SSSR count). The van der Waals surface area contributed by atoms with Crippen LogP contribution in [0.1, 0.15) is 64.4 Å². The number of piperidine rings is 1. The highest BCUT2D eigenvalue weighted by Gasteiger charge is 2.72. The second-order valence-electron chi connectivity index (χ2n) is 13.3. The Bertz CT molecular complexity index is 1250. The number of nitrogens with zero attached hydrogens (tertiary/aromatic N) is 2. The molecular formula is C33H45ClN4O4. The van der Waals surface area contributed by atoms with Gasteiger partial charge in [0.15, 0.2) is 0 Å². The fraction of sp³-hybridized carbons (Fsp3) is 0.667. The number of carbonyl (C=O) groups is 3. The molecule has 8 atom stereocenters. The lowest BCUT2D eigenvalue weighted by molar-refractivity contribution is -0.141. The van der Waals surface area contributed by atoms with Crippen molar-refractivity contribution in [3.63, 3.8) is 0 Å². The average molecular weight is 597 g/mol. The molecule has 3 saturated heterocycles. The third-order valence-corrected chi connectivity index (χ3v) is 11.1. The second-order valence-corrected chi connectivity index (χ2v) is 13.7. The van der Waals surface area contributed by atoms with Crippen LogP contribution in [0.4, 0.5) is 5.69 Å². The van der Waals surface area contributed by atoms with Gasteiger partial charge in [-0.15, -0.1) is 0 Å². The minimum absolute atomic E-state index is 0.0648. The summed E-state index contributed by atoms with van der Waals surface area (Å²) in [7, 11) is 0. The standard InChI is InChI=1S/C33H45ClN4O4/c1-20-9-7-10-25(22(20)3)36-31(40)29-33-14-13-26(42-33)27(30(39)35-23-12-11-21(2)24(34)19-23)28(33)32(41)38(29)18-8-17-37-15-5-4-6-16-37/h11-14,19-20,22,25-29H,4-10,15-18H2,1-3H3,(H,35,39)(H,36,40)/t20-,22+,25-,26+,27-,28+,29+,33+/m1/s1. The van der Waals surface area contributed by atoms with Gasteiger partial charge >= 0.3 is 0 Å². The van der Waals surface area contributed by atoms with Crippen molar-refractivity contribution >= 4 is 35.0 Å². The fourth-order valence-corrected chi connectivity index (χ4v) is 8.28. The van der Waals surface area contributed by atoms with Crippen molar-refractivity contribution in [3.05, 3.63) is 40.9 Å². The summed E-state index contributed by atoms with van der Waals surface area (Å²) in [5.74, 6) is -1.19. The second kappa shape index (κ2) is 11.9. The Kier molecular flexibility index (Phi) is 8.42. The van der Waals surface area contributed by atoms with Crippen LogP contribution < -0.4 is 10.6 Å². The molecule has 1 spiro atoms. The van der Waals surface area contributed by atoms with Crippen molar-refractivity contribution in [2.45, 2.75) is 89.5 Å². The van der Waals surface area contributed by atoms with Crippen molar-refractivity contribution in [1.82, 2.24) is 15.1 Å². The zero-order valence-corrected chi connectivity index (χ0v) is 25.9. The molecule has 1 aromatic carbocycles.